The molecule has 0 aromatic heterocycles. The van der Waals surface area contributed by atoms with Crippen LogP contribution in [0.1, 0.15) is 66.2 Å². The summed E-state index contributed by atoms with van der Waals surface area (Å²) in [5, 5.41) is 5.39. The molecule has 0 fully saturated rings. The zero-order valence-electron chi connectivity index (χ0n) is 22.6. The molecule has 39 heavy (non-hydrogen) atoms. The molecular weight excluding hydrogens is 502 g/mol. The Morgan fingerprint density at radius 1 is 0.897 bits per heavy atom. The van der Waals surface area contributed by atoms with Crippen molar-refractivity contribution >= 4 is 17.8 Å². The fourth-order valence-electron chi connectivity index (χ4n) is 4.56. The molecule has 0 spiro atoms. The monoisotopic (exact) mass is 536 g/mol. The van der Waals surface area contributed by atoms with E-state index in [1.54, 1.807) is 37.3 Å². The standard InChI is InChI=1S/C31H34F2N2O4/c1-5-11-25(34-30(37)21-14-8-7-9-15-21)31(38)35-26(18-27(36)39-6-2)23-16-22(17-24(32)29(23)33)28-19(3)12-10-13-20(28)4/h7-10,12-17,25-26H,5-6,11,18H2,1-4H3,(H,34,37)(H,35,38)/t25-,26?/m0/s1. The average Bonchev–Trinajstić information content (AvgIpc) is 2.90. The Morgan fingerprint density at radius 3 is 2.18 bits per heavy atom. The van der Waals surface area contributed by atoms with E-state index in [1.807, 2.05) is 39.0 Å². The lowest BCUT2D eigenvalue weighted by Crippen LogP contribution is -2.48. The normalized spacial score (nSPS) is 12.4. The summed E-state index contributed by atoms with van der Waals surface area (Å²) < 4.78 is 35.3. The molecule has 3 aromatic carbocycles. The number of benzene rings is 3. The number of amides is 2. The van der Waals surface area contributed by atoms with Gasteiger partial charge in [0, 0.05) is 11.1 Å². The first-order valence-corrected chi connectivity index (χ1v) is 13.0. The smallest absolute Gasteiger partial charge is 0.308 e. The molecule has 3 aromatic rings. The van der Waals surface area contributed by atoms with E-state index in [2.05, 4.69) is 10.6 Å². The number of carbonyl (C=O) groups is 3. The zero-order valence-corrected chi connectivity index (χ0v) is 22.6. The lowest BCUT2D eigenvalue weighted by Gasteiger charge is -2.24. The van der Waals surface area contributed by atoms with Crippen molar-refractivity contribution in [3.8, 4) is 11.1 Å². The van der Waals surface area contributed by atoms with Gasteiger partial charge >= 0.3 is 5.97 Å². The number of hydrogen-bond donors (Lipinski definition) is 2. The van der Waals surface area contributed by atoms with Gasteiger partial charge in [-0.25, -0.2) is 8.78 Å². The van der Waals surface area contributed by atoms with Crippen LogP contribution in [0.5, 0.6) is 0 Å². The topological polar surface area (TPSA) is 84.5 Å². The van der Waals surface area contributed by atoms with Gasteiger partial charge in [0.05, 0.1) is 19.1 Å². The van der Waals surface area contributed by atoms with Crippen LogP contribution >= 0.6 is 0 Å². The maximum Gasteiger partial charge on any atom is 0.308 e. The highest BCUT2D eigenvalue weighted by atomic mass is 19.2. The Bertz CT molecular complexity index is 1310. The van der Waals surface area contributed by atoms with E-state index in [4.69, 9.17) is 4.74 Å². The summed E-state index contributed by atoms with van der Waals surface area (Å²) in [7, 11) is 0. The van der Waals surface area contributed by atoms with Crippen LogP contribution in [0.3, 0.4) is 0 Å². The van der Waals surface area contributed by atoms with E-state index < -0.39 is 47.9 Å². The molecule has 2 atom stereocenters. The van der Waals surface area contributed by atoms with Crippen molar-refractivity contribution in [1.82, 2.24) is 10.6 Å². The SMILES string of the molecule is CCC[C@H](NC(=O)c1ccccc1)C(=O)NC(CC(=O)OCC)c1cc(-c2c(C)cccc2C)cc(F)c1F. The van der Waals surface area contributed by atoms with Crippen LogP contribution in [0.4, 0.5) is 8.78 Å². The molecule has 0 aliphatic heterocycles. The lowest BCUT2D eigenvalue weighted by atomic mass is 9.92. The number of carbonyl (C=O) groups excluding carboxylic acids is 3. The number of ether oxygens (including phenoxy) is 1. The predicted octanol–water partition coefficient (Wildman–Crippen LogP) is 5.96. The van der Waals surface area contributed by atoms with Crippen molar-refractivity contribution in [2.24, 2.45) is 0 Å². The Kier molecular flexibility index (Phi) is 10.3. The van der Waals surface area contributed by atoms with E-state index in [-0.39, 0.29) is 12.2 Å². The summed E-state index contributed by atoms with van der Waals surface area (Å²) in [6, 6.07) is 14.4. The fraction of sp³-hybridized carbons (Fsp3) is 0.323. The van der Waals surface area contributed by atoms with Crippen molar-refractivity contribution in [3.05, 3.63) is 94.6 Å². The molecule has 0 saturated heterocycles. The number of nitrogens with one attached hydrogen (secondary N) is 2. The van der Waals surface area contributed by atoms with Crippen molar-refractivity contribution < 1.29 is 27.9 Å². The first-order valence-electron chi connectivity index (χ1n) is 13.0. The molecular formula is C31H34F2N2O4. The number of rotatable bonds is 11. The molecule has 8 heteroatoms. The summed E-state index contributed by atoms with van der Waals surface area (Å²) in [5.74, 6) is -4.01. The highest BCUT2D eigenvalue weighted by Gasteiger charge is 2.29. The van der Waals surface area contributed by atoms with Crippen LogP contribution in [0.25, 0.3) is 11.1 Å². The Hall–Kier alpha value is -4.07. The zero-order chi connectivity index (χ0) is 28.5. The molecule has 206 valence electrons. The molecule has 1 unspecified atom stereocenters. The number of aryl methyl sites for hydroxylation is 2. The minimum Gasteiger partial charge on any atom is -0.466 e. The third-order valence-electron chi connectivity index (χ3n) is 6.43. The molecule has 0 bridgehead atoms. The van der Waals surface area contributed by atoms with E-state index in [1.165, 1.54) is 6.07 Å². The molecule has 3 rings (SSSR count). The van der Waals surface area contributed by atoms with Gasteiger partial charge in [0.1, 0.15) is 6.04 Å². The summed E-state index contributed by atoms with van der Waals surface area (Å²) in [6.07, 6.45) is 0.453. The van der Waals surface area contributed by atoms with E-state index in [0.29, 0.717) is 24.0 Å². The van der Waals surface area contributed by atoms with Crippen LogP contribution in [0.2, 0.25) is 0 Å². The summed E-state index contributed by atoms with van der Waals surface area (Å²) in [4.78, 5) is 38.6. The number of halogens is 2. The highest BCUT2D eigenvalue weighted by Crippen LogP contribution is 2.33. The summed E-state index contributed by atoms with van der Waals surface area (Å²) in [6.45, 7) is 7.31. The van der Waals surface area contributed by atoms with E-state index >= 15 is 4.39 Å². The average molecular weight is 537 g/mol. The minimum atomic E-state index is -1.23. The fourth-order valence-corrected chi connectivity index (χ4v) is 4.56. The molecule has 2 N–H and O–H groups in total. The molecule has 0 radical (unpaired) electrons. The van der Waals surface area contributed by atoms with Gasteiger partial charge in [0.15, 0.2) is 11.6 Å². The van der Waals surface area contributed by atoms with Gasteiger partial charge in [-0.05, 0) is 73.7 Å². The quantitative estimate of drug-likeness (QED) is 0.296. The van der Waals surface area contributed by atoms with Crippen molar-refractivity contribution in [1.29, 1.82) is 0 Å². The van der Waals surface area contributed by atoms with E-state index in [9.17, 15) is 18.8 Å². The van der Waals surface area contributed by atoms with Crippen molar-refractivity contribution in [3.63, 3.8) is 0 Å². The molecule has 0 saturated carbocycles. The highest BCUT2D eigenvalue weighted by molar-refractivity contribution is 5.97. The van der Waals surface area contributed by atoms with Crippen LogP contribution in [-0.2, 0) is 14.3 Å². The Balaban J connectivity index is 1.99. The second kappa shape index (κ2) is 13.6. The summed E-state index contributed by atoms with van der Waals surface area (Å²) in [5.41, 5.74) is 3.08. The second-order valence-corrected chi connectivity index (χ2v) is 9.38. The Morgan fingerprint density at radius 2 is 1.56 bits per heavy atom. The third kappa shape index (κ3) is 7.50. The maximum atomic E-state index is 15.3. The second-order valence-electron chi connectivity index (χ2n) is 9.38. The van der Waals surface area contributed by atoms with Gasteiger partial charge < -0.3 is 15.4 Å². The molecule has 0 heterocycles. The Labute approximate surface area is 227 Å². The first kappa shape index (κ1) is 29.5. The van der Waals surface area contributed by atoms with Crippen molar-refractivity contribution in [2.75, 3.05) is 6.61 Å². The third-order valence-corrected chi connectivity index (χ3v) is 6.43. The van der Waals surface area contributed by atoms with Crippen molar-refractivity contribution in [2.45, 2.75) is 59.0 Å². The molecule has 0 aliphatic rings. The first-order chi connectivity index (χ1) is 18.7. The van der Waals surface area contributed by atoms with Crippen LogP contribution < -0.4 is 10.6 Å². The van der Waals surface area contributed by atoms with Gasteiger partial charge in [0.2, 0.25) is 5.91 Å². The lowest BCUT2D eigenvalue weighted by molar-refractivity contribution is -0.143. The predicted molar refractivity (Wildman–Crippen MR) is 146 cm³/mol. The number of hydrogen-bond acceptors (Lipinski definition) is 4. The van der Waals surface area contributed by atoms with Crippen LogP contribution in [-0.4, -0.2) is 30.4 Å². The van der Waals surface area contributed by atoms with Gasteiger partial charge in [0.25, 0.3) is 5.91 Å². The van der Waals surface area contributed by atoms with Gasteiger partial charge in [-0.3, -0.25) is 14.4 Å². The molecule has 0 aliphatic carbocycles. The van der Waals surface area contributed by atoms with Gasteiger partial charge in [-0.15, -0.1) is 0 Å². The van der Waals surface area contributed by atoms with Gasteiger partial charge in [-0.1, -0.05) is 49.7 Å². The minimum absolute atomic E-state index is 0.0877. The molecule has 2 amide bonds. The van der Waals surface area contributed by atoms with E-state index in [0.717, 1.165) is 22.8 Å². The number of esters is 1. The largest absolute Gasteiger partial charge is 0.466 e. The van der Waals surface area contributed by atoms with Crippen LogP contribution in [0, 0.1) is 25.5 Å². The maximum absolute atomic E-state index is 15.3. The van der Waals surface area contributed by atoms with Gasteiger partial charge in [-0.2, -0.15) is 0 Å². The van der Waals surface area contributed by atoms with Crippen LogP contribution in [0.15, 0.2) is 60.7 Å². The summed E-state index contributed by atoms with van der Waals surface area (Å²) >= 11 is 0. The molecule has 6 nitrogen and oxygen atoms in total.